The van der Waals surface area contributed by atoms with Gasteiger partial charge in [-0.3, -0.25) is 9.59 Å². The molecular weight excluding hydrogens is 204 g/mol. The van der Waals surface area contributed by atoms with Crippen LogP contribution in [0, 0.1) is 19.3 Å². The highest BCUT2D eigenvalue weighted by Gasteiger charge is 2.12. The third-order valence-corrected chi connectivity index (χ3v) is 2.10. The summed E-state index contributed by atoms with van der Waals surface area (Å²) in [5, 5.41) is 2.66. The van der Waals surface area contributed by atoms with Gasteiger partial charge in [-0.25, -0.2) is 0 Å². The second-order valence-electron chi connectivity index (χ2n) is 3.67. The van der Waals surface area contributed by atoms with Gasteiger partial charge >= 0.3 is 0 Å². The molecule has 0 spiro atoms. The van der Waals surface area contributed by atoms with Gasteiger partial charge in [0.05, 0.1) is 0 Å². The third kappa shape index (κ3) is 2.99. The highest BCUT2D eigenvalue weighted by molar-refractivity contribution is 5.93. The Balaban J connectivity index is 2.82. The van der Waals surface area contributed by atoms with Crippen LogP contribution in [0.25, 0.3) is 0 Å². The van der Waals surface area contributed by atoms with Crippen LogP contribution in [0.3, 0.4) is 0 Å². The molecule has 0 aliphatic rings. The van der Waals surface area contributed by atoms with Crippen molar-refractivity contribution in [1.82, 2.24) is 10.3 Å². The first kappa shape index (κ1) is 12.1. The summed E-state index contributed by atoms with van der Waals surface area (Å²) >= 11 is 0. The zero-order valence-corrected chi connectivity index (χ0v) is 9.33. The lowest BCUT2D eigenvalue weighted by Gasteiger charge is -2.10. The Hall–Kier alpha value is -2.02. The number of pyridine rings is 1. The maximum Gasteiger partial charge on any atom is 0.260 e. The molecule has 4 heteroatoms. The van der Waals surface area contributed by atoms with Crippen molar-refractivity contribution in [1.29, 1.82) is 0 Å². The van der Waals surface area contributed by atoms with Crippen LogP contribution in [0.4, 0.5) is 0 Å². The Labute approximate surface area is 94.1 Å². The molecule has 0 radical (unpaired) electrons. The Bertz CT molecular complexity index is 483. The predicted octanol–water partition coefficient (Wildman–Crippen LogP) is 0.825. The zero-order chi connectivity index (χ0) is 12.1. The summed E-state index contributed by atoms with van der Waals surface area (Å²) < 4.78 is 0. The number of amides is 1. The van der Waals surface area contributed by atoms with E-state index in [1.54, 1.807) is 19.9 Å². The molecule has 4 nitrogen and oxygen atoms in total. The van der Waals surface area contributed by atoms with Gasteiger partial charge in [-0.15, -0.1) is 12.3 Å². The van der Waals surface area contributed by atoms with Gasteiger partial charge in [-0.1, -0.05) is 0 Å². The number of nitrogens with one attached hydrogen (secondary N) is 2. The van der Waals surface area contributed by atoms with E-state index in [9.17, 15) is 9.59 Å². The predicted molar refractivity (Wildman–Crippen MR) is 62.2 cm³/mol. The maximum atomic E-state index is 11.7. The van der Waals surface area contributed by atoms with E-state index in [0.29, 0.717) is 6.42 Å². The first-order valence-corrected chi connectivity index (χ1v) is 4.99. The zero-order valence-electron chi connectivity index (χ0n) is 9.33. The first-order chi connectivity index (χ1) is 7.54. The van der Waals surface area contributed by atoms with Crippen molar-refractivity contribution in [3.63, 3.8) is 0 Å². The van der Waals surface area contributed by atoms with E-state index in [4.69, 9.17) is 6.42 Å². The molecule has 84 valence electrons. The van der Waals surface area contributed by atoms with Crippen molar-refractivity contribution in [2.24, 2.45) is 0 Å². The molecule has 0 saturated heterocycles. The molecule has 2 N–H and O–H groups in total. The van der Waals surface area contributed by atoms with Gasteiger partial charge in [0.25, 0.3) is 11.5 Å². The van der Waals surface area contributed by atoms with Crippen LogP contribution < -0.4 is 10.9 Å². The van der Waals surface area contributed by atoms with Crippen LogP contribution in [0.15, 0.2) is 16.9 Å². The fourth-order valence-electron chi connectivity index (χ4n) is 1.28. The normalized spacial score (nSPS) is 11.6. The molecule has 1 rings (SSSR count). The highest BCUT2D eigenvalue weighted by Crippen LogP contribution is 1.96. The molecule has 1 aromatic heterocycles. The molecule has 1 unspecified atom stereocenters. The molecule has 1 heterocycles. The van der Waals surface area contributed by atoms with E-state index in [1.165, 1.54) is 6.07 Å². The number of rotatable bonds is 3. The summed E-state index contributed by atoms with van der Waals surface area (Å²) in [6.07, 6.45) is 5.56. The van der Waals surface area contributed by atoms with Gasteiger partial charge < -0.3 is 10.3 Å². The lowest BCUT2D eigenvalue weighted by molar-refractivity contribution is 0.0939. The van der Waals surface area contributed by atoms with E-state index in [1.807, 2.05) is 0 Å². The van der Waals surface area contributed by atoms with E-state index in [-0.39, 0.29) is 17.2 Å². The number of hydrogen-bond donors (Lipinski definition) is 2. The minimum atomic E-state index is -0.399. The first-order valence-electron chi connectivity index (χ1n) is 4.99. The van der Waals surface area contributed by atoms with Gasteiger partial charge in [-0.05, 0) is 26.0 Å². The van der Waals surface area contributed by atoms with E-state index in [0.717, 1.165) is 5.69 Å². The average Bonchev–Trinajstić information content (AvgIpc) is 2.17. The van der Waals surface area contributed by atoms with Gasteiger partial charge in [0.2, 0.25) is 0 Å². The second kappa shape index (κ2) is 5.17. The van der Waals surface area contributed by atoms with Gasteiger partial charge in [0.15, 0.2) is 0 Å². The largest absolute Gasteiger partial charge is 0.348 e. The number of carbonyl (C=O) groups excluding carboxylic acids is 1. The number of aromatic nitrogens is 1. The molecule has 1 atom stereocenters. The highest BCUT2D eigenvalue weighted by atomic mass is 16.2. The number of terminal acetylenes is 1. The molecular formula is C12H14N2O2. The summed E-state index contributed by atoms with van der Waals surface area (Å²) in [5.74, 6) is 2.05. The number of H-pyrrole nitrogens is 1. The third-order valence-electron chi connectivity index (χ3n) is 2.10. The molecule has 0 aromatic carbocycles. The van der Waals surface area contributed by atoms with E-state index in [2.05, 4.69) is 16.2 Å². The van der Waals surface area contributed by atoms with Crippen molar-refractivity contribution in [3.05, 3.63) is 33.7 Å². The molecule has 0 bridgehead atoms. The maximum absolute atomic E-state index is 11.7. The topological polar surface area (TPSA) is 62.0 Å². The second-order valence-corrected chi connectivity index (χ2v) is 3.67. The van der Waals surface area contributed by atoms with Crippen LogP contribution in [0.1, 0.15) is 29.4 Å². The summed E-state index contributed by atoms with van der Waals surface area (Å²) in [7, 11) is 0. The summed E-state index contributed by atoms with van der Waals surface area (Å²) in [6, 6.07) is 3.05. The van der Waals surface area contributed by atoms with Crippen LogP contribution in [0.2, 0.25) is 0 Å². The van der Waals surface area contributed by atoms with Crippen molar-refractivity contribution >= 4 is 5.91 Å². The van der Waals surface area contributed by atoms with Crippen LogP contribution >= 0.6 is 0 Å². The van der Waals surface area contributed by atoms with Crippen molar-refractivity contribution < 1.29 is 4.79 Å². The van der Waals surface area contributed by atoms with Crippen LogP contribution in [0.5, 0.6) is 0 Å². The SMILES string of the molecule is C#CCC(C)NC(=O)c1ccc(C)[nH]c1=O. The molecule has 1 amide bonds. The molecule has 0 fully saturated rings. The van der Waals surface area contributed by atoms with Gasteiger partial charge in [0.1, 0.15) is 5.56 Å². The van der Waals surface area contributed by atoms with Crippen LogP contribution in [-0.2, 0) is 0 Å². The molecule has 16 heavy (non-hydrogen) atoms. The number of carbonyl (C=O) groups is 1. The standard InChI is InChI=1S/C12H14N2O2/c1-4-5-8(2)13-11(15)10-7-6-9(3)14-12(10)16/h1,6-8H,5H2,2-3H3,(H,13,15)(H,14,16). The smallest absolute Gasteiger partial charge is 0.260 e. The average molecular weight is 218 g/mol. The van der Waals surface area contributed by atoms with Crippen molar-refractivity contribution in [2.75, 3.05) is 0 Å². The van der Waals surface area contributed by atoms with Crippen molar-refractivity contribution in [2.45, 2.75) is 26.3 Å². The molecule has 0 aliphatic carbocycles. The van der Waals surface area contributed by atoms with Gasteiger partial charge in [-0.2, -0.15) is 0 Å². The summed E-state index contributed by atoms with van der Waals surface area (Å²) in [4.78, 5) is 25.7. The number of aryl methyl sites for hydroxylation is 1. The minimum Gasteiger partial charge on any atom is -0.348 e. The molecule has 0 aliphatic heterocycles. The Morgan fingerprint density at radius 2 is 2.31 bits per heavy atom. The van der Waals surface area contributed by atoms with E-state index < -0.39 is 5.91 Å². The summed E-state index contributed by atoms with van der Waals surface area (Å²) in [5.41, 5.74) is 0.443. The number of hydrogen-bond acceptors (Lipinski definition) is 2. The summed E-state index contributed by atoms with van der Waals surface area (Å²) in [6.45, 7) is 3.55. The molecule has 1 aromatic rings. The Morgan fingerprint density at radius 1 is 1.62 bits per heavy atom. The van der Waals surface area contributed by atoms with Crippen molar-refractivity contribution in [3.8, 4) is 12.3 Å². The fourth-order valence-corrected chi connectivity index (χ4v) is 1.28. The Kier molecular flexibility index (Phi) is 3.90. The lowest BCUT2D eigenvalue weighted by atomic mass is 10.2. The van der Waals surface area contributed by atoms with Gasteiger partial charge in [0, 0.05) is 18.2 Å². The Morgan fingerprint density at radius 3 is 2.88 bits per heavy atom. The molecule has 0 saturated carbocycles. The van der Waals surface area contributed by atoms with Crippen LogP contribution in [-0.4, -0.2) is 16.9 Å². The lowest BCUT2D eigenvalue weighted by Crippen LogP contribution is -2.35. The fraction of sp³-hybridized carbons (Fsp3) is 0.333. The van der Waals surface area contributed by atoms with E-state index >= 15 is 0 Å². The monoisotopic (exact) mass is 218 g/mol. The number of aromatic amines is 1. The quantitative estimate of drug-likeness (QED) is 0.738. The minimum absolute atomic E-state index is 0.106.